The quantitative estimate of drug-likeness (QED) is 0.797. The van der Waals surface area contributed by atoms with Gasteiger partial charge in [-0.05, 0) is 17.7 Å². The highest BCUT2D eigenvalue weighted by Gasteiger charge is 2.19. The Labute approximate surface area is 120 Å². The number of carbonyl (C=O) groups is 2. The van der Waals surface area contributed by atoms with Crippen LogP contribution < -0.4 is 11.5 Å². The molecular formula is C13H14N4O2S. The summed E-state index contributed by atoms with van der Waals surface area (Å²) in [5.41, 5.74) is 14.2. The molecule has 0 atom stereocenters. The molecule has 0 aliphatic heterocycles. The number of anilines is 1. The maximum absolute atomic E-state index is 12.3. The molecule has 4 N–H and O–H groups in total. The molecule has 0 unspecified atom stereocenters. The summed E-state index contributed by atoms with van der Waals surface area (Å²) in [5, 5.41) is 1.64. The highest BCUT2D eigenvalue weighted by molar-refractivity contribution is 7.07. The van der Waals surface area contributed by atoms with Gasteiger partial charge in [-0.25, -0.2) is 4.98 Å². The second-order valence-corrected chi connectivity index (χ2v) is 4.96. The molecule has 0 bridgehead atoms. The summed E-state index contributed by atoms with van der Waals surface area (Å²) in [6.07, 6.45) is 0. The molecule has 1 aromatic carbocycles. The Kier molecular flexibility index (Phi) is 4.31. The maximum Gasteiger partial charge on any atom is 0.274 e. The lowest BCUT2D eigenvalue weighted by molar-refractivity contribution is -0.118. The topological polar surface area (TPSA) is 102 Å². The van der Waals surface area contributed by atoms with Gasteiger partial charge in [0, 0.05) is 17.6 Å². The van der Waals surface area contributed by atoms with Crippen LogP contribution in [-0.2, 0) is 11.3 Å². The number of thiazole rings is 1. The fourth-order valence-corrected chi connectivity index (χ4v) is 2.24. The van der Waals surface area contributed by atoms with Gasteiger partial charge < -0.3 is 16.4 Å². The van der Waals surface area contributed by atoms with Crippen LogP contribution in [0.25, 0.3) is 0 Å². The molecule has 104 valence electrons. The number of rotatable bonds is 5. The van der Waals surface area contributed by atoms with Crippen LogP contribution in [-0.4, -0.2) is 28.2 Å². The van der Waals surface area contributed by atoms with E-state index in [-0.39, 0.29) is 19.0 Å². The number of nitrogen functional groups attached to an aromatic ring is 1. The van der Waals surface area contributed by atoms with Crippen molar-refractivity contribution in [2.75, 3.05) is 12.3 Å². The molecule has 0 saturated heterocycles. The SMILES string of the molecule is NC(=O)CN(Cc1ccc(N)cc1)C(=O)c1cscn1. The first-order chi connectivity index (χ1) is 9.56. The molecule has 0 fully saturated rings. The van der Waals surface area contributed by atoms with Crippen LogP contribution in [0, 0.1) is 0 Å². The van der Waals surface area contributed by atoms with Crippen LogP contribution in [0.3, 0.4) is 0 Å². The van der Waals surface area contributed by atoms with E-state index in [9.17, 15) is 9.59 Å². The lowest BCUT2D eigenvalue weighted by atomic mass is 10.2. The zero-order chi connectivity index (χ0) is 14.5. The van der Waals surface area contributed by atoms with E-state index >= 15 is 0 Å². The molecule has 2 aromatic rings. The molecule has 7 heteroatoms. The molecule has 2 rings (SSSR count). The number of hydrogen-bond donors (Lipinski definition) is 2. The summed E-state index contributed by atoms with van der Waals surface area (Å²) in [4.78, 5) is 28.7. The number of benzene rings is 1. The van der Waals surface area contributed by atoms with E-state index in [4.69, 9.17) is 11.5 Å². The van der Waals surface area contributed by atoms with E-state index in [1.165, 1.54) is 16.2 Å². The predicted molar refractivity (Wildman–Crippen MR) is 76.9 cm³/mol. The Morgan fingerprint density at radius 1 is 1.25 bits per heavy atom. The summed E-state index contributed by atoms with van der Waals surface area (Å²) in [5.74, 6) is -0.883. The van der Waals surface area contributed by atoms with Gasteiger partial charge in [0.15, 0.2) is 0 Å². The average Bonchev–Trinajstić information content (AvgIpc) is 2.93. The van der Waals surface area contributed by atoms with Crippen molar-refractivity contribution in [2.45, 2.75) is 6.54 Å². The molecule has 0 aliphatic carbocycles. The Hall–Kier alpha value is -2.41. The van der Waals surface area contributed by atoms with Crippen LogP contribution >= 0.6 is 11.3 Å². The van der Waals surface area contributed by atoms with Crippen LogP contribution in [0.2, 0.25) is 0 Å². The van der Waals surface area contributed by atoms with Gasteiger partial charge in [0.25, 0.3) is 5.91 Å². The van der Waals surface area contributed by atoms with Gasteiger partial charge in [-0.3, -0.25) is 9.59 Å². The Morgan fingerprint density at radius 3 is 2.50 bits per heavy atom. The minimum Gasteiger partial charge on any atom is -0.399 e. The number of hydrogen-bond acceptors (Lipinski definition) is 5. The number of carbonyl (C=O) groups excluding carboxylic acids is 2. The Bertz CT molecular complexity index is 595. The second-order valence-electron chi connectivity index (χ2n) is 4.24. The van der Waals surface area contributed by atoms with Crippen LogP contribution in [0.15, 0.2) is 35.2 Å². The molecule has 6 nitrogen and oxygen atoms in total. The Balaban J connectivity index is 2.17. The number of nitrogens with two attached hydrogens (primary N) is 2. The lowest BCUT2D eigenvalue weighted by Crippen LogP contribution is -2.38. The van der Waals surface area contributed by atoms with E-state index in [0.29, 0.717) is 11.4 Å². The highest BCUT2D eigenvalue weighted by atomic mass is 32.1. The van der Waals surface area contributed by atoms with Crippen molar-refractivity contribution in [3.8, 4) is 0 Å². The monoisotopic (exact) mass is 290 g/mol. The van der Waals surface area contributed by atoms with Gasteiger partial charge in [0.2, 0.25) is 5.91 Å². The fraction of sp³-hybridized carbons (Fsp3) is 0.154. The fourth-order valence-electron chi connectivity index (χ4n) is 1.71. The zero-order valence-corrected chi connectivity index (χ0v) is 11.5. The van der Waals surface area contributed by atoms with Crippen molar-refractivity contribution in [1.29, 1.82) is 0 Å². The number of amides is 2. The first-order valence-electron chi connectivity index (χ1n) is 5.86. The maximum atomic E-state index is 12.3. The average molecular weight is 290 g/mol. The highest BCUT2D eigenvalue weighted by Crippen LogP contribution is 2.12. The summed E-state index contributed by atoms with van der Waals surface area (Å²) in [6, 6.07) is 7.09. The van der Waals surface area contributed by atoms with E-state index in [2.05, 4.69) is 4.98 Å². The van der Waals surface area contributed by atoms with Gasteiger partial charge in [0.1, 0.15) is 12.2 Å². The van der Waals surface area contributed by atoms with Crippen LogP contribution in [0.1, 0.15) is 16.1 Å². The standard InChI is InChI=1S/C13H14N4O2S/c14-10-3-1-9(2-4-10)5-17(6-12(15)18)13(19)11-7-20-8-16-11/h1-4,7-8H,5-6,14H2,(H2,15,18). The van der Waals surface area contributed by atoms with Gasteiger partial charge in [-0.15, -0.1) is 11.3 Å². The van der Waals surface area contributed by atoms with Crippen molar-refractivity contribution < 1.29 is 9.59 Å². The van der Waals surface area contributed by atoms with Crippen molar-refractivity contribution in [1.82, 2.24) is 9.88 Å². The summed E-state index contributed by atoms with van der Waals surface area (Å²) < 4.78 is 0. The lowest BCUT2D eigenvalue weighted by Gasteiger charge is -2.20. The van der Waals surface area contributed by atoms with E-state index in [1.54, 1.807) is 35.2 Å². The van der Waals surface area contributed by atoms with Gasteiger partial charge in [-0.2, -0.15) is 0 Å². The van der Waals surface area contributed by atoms with Crippen LogP contribution in [0.4, 0.5) is 5.69 Å². The molecule has 2 amide bonds. The molecule has 0 aliphatic rings. The van der Waals surface area contributed by atoms with E-state index in [1.807, 2.05) is 0 Å². The molecular weight excluding hydrogens is 276 g/mol. The molecule has 0 spiro atoms. The van der Waals surface area contributed by atoms with Crippen molar-refractivity contribution >= 4 is 28.8 Å². The third kappa shape index (κ3) is 3.55. The summed E-state index contributed by atoms with van der Waals surface area (Å²) >= 11 is 1.32. The largest absolute Gasteiger partial charge is 0.399 e. The van der Waals surface area contributed by atoms with Gasteiger partial charge in [-0.1, -0.05) is 12.1 Å². The van der Waals surface area contributed by atoms with Crippen molar-refractivity contribution in [2.24, 2.45) is 5.73 Å². The smallest absolute Gasteiger partial charge is 0.274 e. The normalized spacial score (nSPS) is 10.2. The van der Waals surface area contributed by atoms with E-state index < -0.39 is 5.91 Å². The molecule has 0 radical (unpaired) electrons. The second kappa shape index (κ2) is 6.16. The van der Waals surface area contributed by atoms with Gasteiger partial charge >= 0.3 is 0 Å². The summed E-state index contributed by atoms with van der Waals surface area (Å²) in [7, 11) is 0. The first kappa shape index (κ1) is 14.0. The third-order valence-corrected chi connectivity index (χ3v) is 3.22. The van der Waals surface area contributed by atoms with Crippen molar-refractivity contribution in [3.05, 3.63) is 46.4 Å². The number of aromatic nitrogens is 1. The molecule has 20 heavy (non-hydrogen) atoms. The molecule has 1 heterocycles. The first-order valence-corrected chi connectivity index (χ1v) is 6.80. The molecule has 0 saturated carbocycles. The minimum atomic E-state index is -0.566. The summed E-state index contributed by atoms with van der Waals surface area (Å²) in [6.45, 7) is 0.125. The van der Waals surface area contributed by atoms with Crippen LogP contribution in [0.5, 0.6) is 0 Å². The minimum absolute atomic E-state index is 0.152. The van der Waals surface area contributed by atoms with E-state index in [0.717, 1.165) is 5.56 Å². The predicted octanol–water partition coefficient (Wildman–Crippen LogP) is 0.853. The number of primary amides is 1. The Morgan fingerprint density at radius 2 is 1.95 bits per heavy atom. The third-order valence-electron chi connectivity index (χ3n) is 2.64. The van der Waals surface area contributed by atoms with Crippen molar-refractivity contribution in [3.63, 3.8) is 0 Å². The van der Waals surface area contributed by atoms with Gasteiger partial charge in [0.05, 0.1) is 5.51 Å². The number of nitrogens with zero attached hydrogens (tertiary/aromatic N) is 2. The zero-order valence-electron chi connectivity index (χ0n) is 10.7. The molecule has 1 aromatic heterocycles.